The van der Waals surface area contributed by atoms with Crippen molar-refractivity contribution in [3.05, 3.63) is 59.1 Å². The first-order valence-electron chi connectivity index (χ1n) is 7.99. The van der Waals surface area contributed by atoms with Gasteiger partial charge in [-0.1, -0.05) is 24.3 Å². The van der Waals surface area contributed by atoms with Crippen molar-refractivity contribution in [2.24, 2.45) is 0 Å². The lowest BCUT2D eigenvalue weighted by molar-refractivity contribution is -0.116. The van der Waals surface area contributed by atoms with Crippen LogP contribution in [0.4, 0.5) is 8.78 Å². The van der Waals surface area contributed by atoms with Crippen molar-refractivity contribution in [1.29, 1.82) is 0 Å². The van der Waals surface area contributed by atoms with Gasteiger partial charge in [-0.05, 0) is 24.3 Å². The molecule has 0 unspecified atom stereocenters. The van der Waals surface area contributed by atoms with E-state index in [1.165, 1.54) is 36.7 Å². The van der Waals surface area contributed by atoms with Gasteiger partial charge in [0, 0.05) is 11.6 Å². The van der Waals surface area contributed by atoms with Crippen molar-refractivity contribution < 1.29 is 23.0 Å². The maximum Gasteiger partial charge on any atom is 0.387 e. The second-order valence-corrected chi connectivity index (χ2v) is 6.50. The number of amides is 1. The molecule has 3 aromatic rings. The Kier molecular flexibility index (Phi) is 5.97. The summed E-state index contributed by atoms with van der Waals surface area (Å²) >= 11 is 1.50. The average molecular weight is 390 g/mol. The van der Waals surface area contributed by atoms with Crippen LogP contribution in [-0.4, -0.2) is 24.6 Å². The quantitative estimate of drug-likeness (QED) is 0.613. The van der Waals surface area contributed by atoms with E-state index in [1.54, 1.807) is 12.1 Å². The van der Waals surface area contributed by atoms with Gasteiger partial charge in [0.2, 0.25) is 5.91 Å². The van der Waals surface area contributed by atoms with E-state index in [0.29, 0.717) is 5.56 Å². The van der Waals surface area contributed by atoms with E-state index in [9.17, 15) is 13.6 Å². The fraction of sp³-hybridized carbons (Fsp3) is 0.158. The first-order chi connectivity index (χ1) is 13.1. The summed E-state index contributed by atoms with van der Waals surface area (Å²) < 4.78 is 35.8. The summed E-state index contributed by atoms with van der Waals surface area (Å²) in [5, 5.41) is 3.50. The number of alkyl halides is 2. The molecule has 3 rings (SSSR count). The molecule has 1 heterocycles. The second-order valence-electron chi connectivity index (χ2n) is 5.38. The molecule has 0 aliphatic carbocycles. The first-order valence-corrected chi connectivity index (χ1v) is 8.80. The van der Waals surface area contributed by atoms with Crippen molar-refractivity contribution in [2.45, 2.75) is 13.2 Å². The number of rotatable bonds is 7. The van der Waals surface area contributed by atoms with E-state index in [0.717, 1.165) is 15.2 Å². The Bertz CT molecular complexity index is 939. The van der Waals surface area contributed by atoms with Gasteiger partial charge in [-0.3, -0.25) is 4.79 Å². The van der Waals surface area contributed by atoms with Crippen molar-refractivity contribution in [3.8, 4) is 11.5 Å². The van der Waals surface area contributed by atoms with E-state index in [4.69, 9.17) is 4.74 Å². The Morgan fingerprint density at radius 3 is 2.81 bits per heavy atom. The van der Waals surface area contributed by atoms with Crippen molar-refractivity contribution in [1.82, 2.24) is 10.3 Å². The molecule has 5 nitrogen and oxygen atoms in total. The number of carbonyl (C=O) groups is 1. The minimum Gasteiger partial charge on any atom is -0.493 e. The van der Waals surface area contributed by atoms with Gasteiger partial charge in [0.1, 0.15) is 5.01 Å². The minimum absolute atomic E-state index is 0.120. The van der Waals surface area contributed by atoms with Crippen LogP contribution in [0.15, 0.2) is 48.5 Å². The van der Waals surface area contributed by atoms with E-state index < -0.39 is 6.61 Å². The van der Waals surface area contributed by atoms with Crippen LogP contribution in [0, 0.1) is 0 Å². The van der Waals surface area contributed by atoms with Gasteiger partial charge in [-0.25, -0.2) is 4.98 Å². The standard InChI is InChI=1S/C19H16F2N2O3S/c1-25-14-7-4-5-12(18(14)26-19(20)21)9-10-16(24)22-11-17-23-13-6-2-3-8-15(13)27-17/h2-10,19H,11H2,1H3,(H,22,24)/b10-9+. The number of fused-ring (bicyclic) bond motifs is 1. The summed E-state index contributed by atoms with van der Waals surface area (Å²) in [6, 6.07) is 12.4. The monoisotopic (exact) mass is 390 g/mol. The third-order valence-corrected chi connectivity index (χ3v) is 4.64. The zero-order chi connectivity index (χ0) is 19.2. The number of nitrogens with one attached hydrogen (secondary N) is 1. The number of ether oxygens (including phenoxy) is 2. The summed E-state index contributed by atoms with van der Waals surface area (Å²) in [4.78, 5) is 16.5. The van der Waals surface area contributed by atoms with Crippen molar-refractivity contribution in [3.63, 3.8) is 0 Å². The number of carbonyl (C=O) groups excluding carboxylic acids is 1. The molecular weight excluding hydrogens is 374 g/mol. The topological polar surface area (TPSA) is 60.5 Å². The van der Waals surface area contributed by atoms with Crippen LogP contribution >= 0.6 is 11.3 Å². The highest BCUT2D eigenvalue weighted by Gasteiger charge is 2.14. The summed E-state index contributed by atoms with van der Waals surface area (Å²) in [5.41, 5.74) is 1.19. The Balaban J connectivity index is 1.67. The number of aromatic nitrogens is 1. The van der Waals surface area contributed by atoms with Crippen LogP contribution in [0.2, 0.25) is 0 Å². The maximum atomic E-state index is 12.6. The highest BCUT2D eigenvalue weighted by atomic mass is 32.1. The lowest BCUT2D eigenvalue weighted by atomic mass is 10.1. The van der Waals surface area contributed by atoms with E-state index in [2.05, 4.69) is 15.0 Å². The van der Waals surface area contributed by atoms with Gasteiger partial charge in [0.25, 0.3) is 0 Å². The molecule has 0 radical (unpaired) electrons. The molecule has 8 heteroatoms. The lowest BCUT2D eigenvalue weighted by Gasteiger charge is -2.12. The Labute approximate surface area is 158 Å². The fourth-order valence-corrected chi connectivity index (χ4v) is 3.33. The summed E-state index contributed by atoms with van der Waals surface area (Å²) in [6.07, 6.45) is 2.65. The Morgan fingerprint density at radius 2 is 2.07 bits per heavy atom. The predicted octanol–water partition coefficient (Wildman–Crippen LogP) is 4.24. The zero-order valence-electron chi connectivity index (χ0n) is 14.3. The van der Waals surface area contributed by atoms with Crippen LogP contribution in [0.25, 0.3) is 16.3 Å². The Hall–Kier alpha value is -3.00. The van der Waals surface area contributed by atoms with Crippen LogP contribution in [0.3, 0.4) is 0 Å². The number of thiazole rings is 1. The number of nitrogens with zero attached hydrogens (tertiary/aromatic N) is 1. The largest absolute Gasteiger partial charge is 0.493 e. The van der Waals surface area contributed by atoms with E-state index >= 15 is 0 Å². The van der Waals surface area contributed by atoms with Crippen LogP contribution in [-0.2, 0) is 11.3 Å². The van der Waals surface area contributed by atoms with Crippen molar-refractivity contribution in [2.75, 3.05) is 7.11 Å². The molecule has 1 amide bonds. The third kappa shape index (κ3) is 4.79. The molecule has 0 fully saturated rings. The van der Waals surface area contributed by atoms with Gasteiger partial charge in [0.05, 0.1) is 23.9 Å². The van der Waals surface area contributed by atoms with Gasteiger partial charge in [0.15, 0.2) is 11.5 Å². The molecule has 0 atom stereocenters. The molecule has 0 aliphatic rings. The molecule has 0 saturated heterocycles. The van der Waals surface area contributed by atoms with E-state index in [1.807, 2.05) is 24.3 Å². The van der Waals surface area contributed by atoms with Crippen LogP contribution in [0.5, 0.6) is 11.5 Å². The van der Waals surface area contributed by atoms with Gasteiger partial charge in [-0.15, -0.1) is 11.3 Å². The number of benzene rings is 2. The highest BCUT2D eigenvalue weighted by molar-refractivity contribution is 7.18. The SMILES string of the molecule is COc1cccc(/C=C/C(=O)NCc2nc3ccccc3s2)c1OC(F)F. The molecule has 140 valence electrons. The normalized spacial score (nSPS) is 11.3. The molecule has 0 saturated carbocycles. The molecule has 27 heavy (non-hydrogen) atoms. The van der Waals surface area contributed by atoms with Gasteiger partial charge < -0.3 is 14.8 Å². The number of hydrogen-bond donors (Lipinski definition) is 1. The summed E-state index contributed by atoms with van der Waals surface area (Å²) in [6.45, 7) is -2.72. The van der Waals surface area contributed by atoms with E-state index in [-0.39, 0.29) is 24.0 Å². The number of hydrogen-bond acceptors (Lipinski definition) is 5. The zero-order valence-corrected chi connectivity index (χ0v) is 15.1. The van der Waals surface area contributed by atoms with Gasteiger partial charge in [-0.2, -0.15) is 8.78 Å². The summed E-state index contributed by atoms with van der Waals surface area (Å²) in [5.74, 6) is -0.336. The molecule has 1 N–H and O–H groups in total. The molecular formula is C19H16F2N2O3S. The third-order valence-electron chi connectivity index (χ3n) is 3.60. The smallest absolute Gasteiger partial charge is 0.387 e. The number of methoxy groups -OCH3 is 1. The number of halogens is 2. The average Bonchev–Trinajstić information content (AvgIpc) is 3.08. The first kappa shape index (κ1) is 18.8. The van der Waals surface area contributed by atoms with Crippen LogP contribution < -0.4 is 14.8 Å². The second kappa shape index (κ2) is 8.59. The minimum atomic E-state index is -3.00. The lowest BCUT2D eigenvalue weighted by Crippen LogP contribution is -2.20. The molecule has 2 aromatic carbocycles. The Morgan fingerprint density at radius 1 is 1.26 bits per heavy atom. The number of para-hydroxylation sites is 2. The fourth-order valence-electron chi connectivity index (χ4n) is 2.42. The molecule has 1 aromatic heterocycles. The molecule has 0 aliphatic heterocycles. The maximum absolute atomic E-state index is 12.6. The highest BCUT2D eigenvalue weighted by Crippen LogP contribution is 2.33. The molecule has 0 spiro atoms. The molecule has 0 bridgehead atoms. The van der Waals surface area contributed by atoms with Gasteiger partial charge >= 0.3 is 6.61 Å². The predicted molar refractivity (Wildman–Crippen MR) is 100 cm³/mol. The van der Waals surface area contributed by atoms with Crippen molar-refractivity contribution >= 4 is 33.5 Å². The van der Waals surface area contributed by atoms with Crippen LogP contribution in [0.1, 0.15) is 10.6 Å². The summed E-state index contributed by atoms with van der Waals surface area (Å²) in [7, 11) is 1.35.